The first-order valence-electron chi connectivity index (χ1n) is 5.97. The van der Waals surface area contributed by atoms with Crippen molar-refractivity contribution in [3.05, 3.63) is 57.9 Å². The normalized spacial score (nSPS) is 10.7. The van der Waals surface area contributed by atoms with E-state index in [1.165, 1.54) is 4.57 Å². The predicted molar refractivity (Wildman–Crippen MR) is 70.8 cm³/mol. The Hall–Kier alpha value is -2.10. The van der Waals surface area contributed by atoms with Gasteiger partial charge in [0.25, 0.3) is 0 Å². The molecule has 0 fully saturated rings. The lowest BCUT2D eigenvalue weighted by molar-refractivity contribution is 0.411. The van der Waals surface area contributed by atoms with Crippen LogP contribution in [0.25, 0.3) is 10.9 Å². The third kappa shape index (κ3) is 2.42. The fourth-order valence-electron chi connectivity index (χ4n) is 1.94. The number of nitrogens with zero attached hydrogens (tertiary/aromatic N) is 1. The lowest BCUT2D eigenvalue weighted by Crippen LogP contribution is -2.25. The number of hydrogen-bond donors (Lipinski definition) is 0. The van der Waals surface area contributed by atoms with Crippen LogP contribution in [0, 0.1) is 0 Å². The van der Waals surface area contributed by atoms with Crippen molar-refractivity contribution in [2.24, 2.45) is 0 Å². The van der Waals surface area contributed by atoms with E-state index in [1.54, 1.807) is 24.3 Å². The minimum atomic E-state index is -0.586. The van der Waals surface area contributed by atoms with Gasteiger partial charge in [-0.25, -0.2) is 9.59 Å². The molecule has 0 unspecified atom stereocenters. The van der Waals surface area contributed by atoms with E-state index >= 15 is 0 Å². The number of allylic oxidation sites excluding steroid dienone is 1. The van der Waals surface area contributed by atoms with Crippen molar-refractivity contribution in [3.8, 4) is 0 Å². The first-order chi connectivity index (χ1) is 8.74. The highest BCUT2D eigenvalue weighted by molar-refractivity contribution is 5.77. The summed E-state index contributed by atoms with van der Waals surface area (Å²) in [6.07, 6.45) is 4.59. The molecule has 0 amide bonds. The lowest BCUT2D eigenvalue weighted by Gasteiger charge is -2.07. The number of aromatic nitrogens is 1. The summed E-state index contributed by atoms with van der Waals surface area (Å²) in [6, 6.07) is 7.00. The van der Waals surface area contributed by atoms with Crippen LogP contribution >= 0.6 is 0 Å². The minimum absolute atomic E-state index is 0.445. The molecular formula is C14H15NO3. The van der Waals surface area contributed by atoms with Gasteiger partial charge in [0.1, 0.15) is 0 Å². The monoisotopic (exact) mass is 245 g/mol. The Balaban J connectivity index is 2.40. The fraction of sp³-hybridized carbons (Fsp3) is 0.286. The van der Waals surface area contributed by atoms with Gasteiger partial charge in [-0.15, -0.1) is 6.58 Å². The van der Waals surface area contributed by atoms with Crippen molar-refractivity contribution in [2.75, 3.05) is 0 Å². The van der Waals surface area contributed by atoms with Crippen molar-refractivity contribution in [2.45, 2.75) is 25.8 Å². The molecule has 1 aromatic carbocycles. The Labute approximate surface area is 104 Å². The van der Waals surface area contributed by atoms with Crippen molar-refractivity contribution in [1.29, 1.82) is 0 Å². The van der Waals surface area contributed by atoms with Crippen molar-refractivity contribution >= 4 is 10.9 Å². The molecule has 0 aliphatic carbocycles. The quantitative estimate of drug-likeness (QED) is 0.600. The van der Waals surface area contributed by atoms with Crippen molar-refractivity contribution in [3.63, 3.8) is 0 Å². The molecule has 4 heteroatoms. The molecule has 0 aliphatic heterocycles. The Morgan fingerprint density at radius 3 is 2.78 bits per heavy atom. The molecule has 0 aliphatic rings. The number of unbranched alkanes of at least 4 members (excludes halogenated alkanes) is 2. The SMILES string of the molecule is C=CCCCCn1c(=O)oc(=O)c2ccccc21. The molecule has 0 saturated heterocycles. The van der Waals surface area contributed by atoms with Gasteiger partial charge in [0.2, 0.25) is 0 Å². The van der Waals surface area contributed by atoms with E-state index in [4.69, 9.17) is 4.42 Å². The number of hydrogen-bond acceptors (Lipinski definition) is 3. The van der Waals surface area contributed by atoms with Crippen LogP contribution in [0.15, 0.2) is 50.9 Å². The average molecular weight is 245 g/mol. The second-order valence-corrected chi connectivity index (χ2v) is 4.11. The van der Waals surface area contributed by atoms with E-state index in [1.807, 2.05) is 6.08 Å². The van der Waals surface area contributed by atoms with Crippen LogP contribution in [0.5, 0.6) is 0 Å². The van der Waals surface area contributed by atoms with Crippen LogP contribution < -0.4 is 11.4 Å². The van der Waals surface area contributed by atoms with E-state index in [-0.39, 0.29) is 0 Å². The summed E-state index contributed by atoms with van der Waals surface area (Å²) in [6.45, 7) is 4.21. The third-order valence-electron chi connectivity index (χ3n) is 2.86. The van der Waals surface area contributed by atoms with Crippen molar-refractivity contribution in [1.82, 2.24) is 4.57 Å². The smallest absolute Gasteiger partial charge is 0.372 e. The van der Waals surface area contributed by atoms with Crippen LogP contribution in [0.3, 0.4) is 0 Å². The molecular weight excluding hydrogens is 230 g/mol. The van der Waals surface area contributed by atoms with Gasteiger partial charge in [0.05, 0.1) is 10.9 Å². The number of rotatable bonds is 5. The lowest BCUT2D eigenvalue weighted by atomic mass is 10.2. The van der Waals surface area contributed by atoms with Gasteiger partial charge in [0.15, 0.2) is 0 Å². The highest BCUT2D eigenvalue weighted by Gasteiger charge is 2.07. The first kappa shape index (κ1) is 12.4. The second kappa shape index (κ2) is 5.49. The molecule has 0 radical (unpaired) electrons. The van der Waals surface area contributed by atoms with Crippen LogP contribution in [0.1, 0.15) is 19.3 Å². The maximum absolute atomic E-state index is 11.7. The zero-order chi connectivity index (χ0) is 13.0. The second-order valence-electron chi connectivity index (χ2n) is 4.11. The van der Waals surface area contributed by atoms with E-state index in [2.05, 4.69) is 6.58 Å². The van der Waals surface area contributed by atoms with Gasteiger partial charge in [-0.3, -0.25) is 4.57 Å². The molecule has 2 aromatic rings. The highest BCUT2D eigenvalue weighted by atomic mass is 16.4. The molecule has 2 rings (SSSR count). The topological polar surface area (TPSA) is 52.2 Å². The van der Waals surface area contributed by atoms with E-state index in [9.17, 15) is 9.59 Å². The summed E-state index contributed by atoms with van der Waals surface area (Å²) in [4.78, 5) is 23.2. The molecule has 0 bridgehead atoms. The molecule has 1 heterocycles. The molecule has 18 heavy (non-hydrogen) atoms. The maximum Gasteiger partial charge on any atom is 0.422 e. The number of fused-ring (bicyclic) bond motifs is 1. The summed E-state index contributed by atoms with van der Waals surface area (Å²) < 4.78 is 6.22. The Kier molecular flexibility index (Phi) is 3.77. The van der Waals surface area contributed by atoms with Crippen molar-refractivity contribution < 1.29 is 4.42 Å². The van der Waals surface area contributed by atoms with Crippen LogP contribution in [-0.4, -0.2) is 4.57 Å². The number of benzene rings is 1. The zero-order valence-corrected chi connectivity index (χ0v) is 10.1. The Morgan fingerprint density at radius 2 is 2.00 bits per heavy atom. The number of para-hydroxylation sites is 1. The summed E-state index contributed by atoms with van der Waals surface area (Å²) in [5.41, 5.74) is 0.0651. The molecule has 94 valence electrons. The summed E-state index contributed by atoms with van der Waals surface area (Å²) in [7, 11) is 0. The highest BCUT2D eigenvalue weighted by Crippen LogP contribution is 2.08. The Bertz CT molecular complexity index is 667. The van der Waals surface area contributed by atoms with Gasteiger partial charge in [-0.2, -0.15) is 0 Å². The van der Waals surface area contributed by atoms with E-state index in [0.717, 1.165) is 19.3 Å². The maximum atomic E-state index is 11.7. The summed E-state index contributed by atoms with van der Waals surface area (Å²) in [5, 5.41) is 0.445. The van der Waals surface area contributed by atoms with Gasteiger partial charge >= 0.3 is 11.4 Å². The predicted octanol–water partition coefficient (Wildman–Crippen LogP) is 2.31. The third-order valence-corrected chi connectivity index (χ3v) is 2.86. The summed E-state index contributed by atoms with van der Waals surface area (Å²) >= 11 is 0. The van der Waals surface area contributed by atoms with Gasteiger partial charge in [-0.05, 0) is 31.4 Å². The molecule has 0 spiro atoms. The van der Waals surface area contributed by atoms with Gasteiger partial charge in [-0.1, -0.05) is 18.2 Å². The summed E-state index contributed by atoms with van der Waals surface area (Å²) in [5.74, 6) is -0.586. The van der Waals surface area contributed by atoms with E-state index < -0.39 is 11.4 Å². The molecule has 4 nitrogen and oxygen atoms in total. The standard InChI is InChI=1S/C14H15NO3/c1-2-3-4-7-10-15-12-9-6-5-8-11(12)13(16)18-14(15)17/h2,5-6,8-9H,1,3-4,7,10H2. The molecule has 0 saturated carbocycles. The molecule has 1 aromatic heterocycles. The fourth-order valence-corrected chi connectivity index (χ4v) is 1.94. The molecule has 0 atom stereocenters. The van der Waals surface area contributed by atoms with Crippen LogP contribution in [0.2, 0.25) is 0 Å². The van der Waals surface area contributed by atoms with Crippen LogP contribution in [0.4, 0.5) is 0 Å². The Morgan fingerprint density at radius 1 is 1.22 bits per heavy atom. The van der Waals surface area contributed by atoms with Gasteiger partial charge in [0, 0.05) is 6.54 Å². The largest absolute Gasteiger partial charge is 0.422 e. The minimum Gasteiger partial charge on any atom is -0.372 e. The number of aryl methyl sites for hydroxylation is 1. The van der Waals surface area contributed by atoms with Crippen LogP contribution in [-0.2, 0) is 6.54 Å². The zero-order valence-electron chi connectivity index (χ0n) is 10.1. The first-order valence-corrected chi connectivity index (χ1v) is 5.97. The van der Waals surface area contributed by atoms with E-state index in [0.29, 0.717) is 17.4 Å². The molecule has 0 N–H and O–H groups in total. The average Bonchev–Trinajstić information content (AvgIpc) is 2.38. The van der Waals surface area contributed by atoms with Gasteiger partial charge < -0.3 is 4.42 Å².